The maximum Gasteiger partial charge on any atom is 0.363 e. The van der Waals surface area contributed by atoms with Crippen LogP contribution in [0.5, 0.6) is 0 Å². The summed E-state index contributed by atoms with van der Waals surface area (Å²) in [6.45, 7) is 0. The van der Waals surface area contributed by atoms with Gasteiger partial charge < -0.3 is 0 Å². The number of hydrogen-bond donors (Lipinski definition) is 0. The van der Waals surface area contributed by atoms with Crippen LogP contribution in [0, 0.1) is 0 Å². The van der Waals surface area contributed by atoms with Gasteiger partial charge in [-0.25, -0.2) is 4.58 Å². The number of aryl methyl sites for hydroxylation is 1. The summed E-state index contributed by atoms with van der Waals surface area (Å²) in [5.41, 5.74) is 2.26. The molecule has 4 rings (SSSR count). The van der Waals surface area contributed by atoms with Crippen molar-refractivity contribution in [2.24, 2.45) is 7.05 Å². The normalized spacial score (nSPS) is 16.4. The number of benzene rings is 2. The lowest BCUT2D eigenvalue weighted by atomic mass is 9.95. The fourth-order valence-electron chi connectivity index (χ4n) is 3.68. The summed E-state index contributed by atoms with van der Waals surface area (Å²) in [5, 5.41) is 7.30. The van der Waals surface area contributed by atoms with Crippen molar-refractivity contribution >= 4 is 40.2 Å². The molecule has 140 valence electrons. The van der Waals surface area contributed by atoms with Gasteiger partial charge in [0.1, 0.15) is 18.8 Å². The summed E-state index contributed by atoms with van der Waals surface area (Å²) in [5.74, 6) is 0. The predicted molar refractivity (Wildman–Crippen MR) is 115 cm³/mol. The molecule has 0 spiro atoms. The van der Waals surface area contributed by atoms with E-state index in [4.69, 9.17) is 28.3 Å². The molecule has 0 bridgehead atoms. The van der Waals surface area contributed by atoms with Gasteiger partial charge in [-0.2, -0.15) is 0 Å². The molecule has 0 N–H and O–H groups in total. The van der Waals surface area contributed by atoms with Gasteiger partial charge in [0.2, 0.25) is 0 Å². The van der Waals surface area contributed by atoms with Crippen LogP contribution in [0.4, 0.5) is 5.69 Å². The Morgan fingerprint density at radius 2 is 1.52 bits per heavy atom. The molecule has 1 aliphatic rings. The molecule has 1 aliphatic carbocycles. The average Bonchev–Trinajstić information content (AvgIpc) is 3.06. The van der Waals surface area contributed by atoms with Crippen molar-refractivity contribution in [3.05, 3.63) is 63.4 Å². The van der Waals surface area contributed by atoms with Gasteiger partial charge in [-0.1, -0.05) is 46.9 Å². The second-order valence-corrected chi connectivity index (χ2v) is 8.79. The molecule has 0 aliphatic heterocycles. The summed E-state index contributed by atoms with van der Waals surface area (Å²) < 4.78 is 4.45. The maximum absolute atomic E-state index is 6.13. The van der Waals surface area contributed by atoms with Crippen LogP contribution in [0.25, 0.3) is 10.6 Å². The van der Waals surface area contributed by atoms with Gasteiger partial charge in [-0.05, 0) is 73.4 Å². The van der Waals surface area contributed by atoms with E-state index >= 15 is 0 Å². The highest BCUT2D eigenvalue weighted by molar-refractivity contribution is 7.12. The van der Waals surface area contributed by atoms with E-state index in [1.165, 1.54) is 37.8 Å². The third-order valence-corrected chi connectivity index (χ3v) is 6.71. The first-order chi connectivity index (χ1) is 13.1. The van der Waals surface area contributed by atoms with Crippen molar-refractivity contribution < 1.29 is 0 Å². The van der Waals surface area contributed by atoms with Crippen molar-refractivity contribution in [1.29, 1.82) is 0 Å². The summed E-state index contributed by atoms with van der Waals surface area (Å²) in [7, 11) is 2.02. The molecule has 0 saturated heterocycles. The topological polar surface area (TPSA) is 20.8 Å². The summed E-state index contributed by atoms with van der Waals surface area (Å²) in [6, 6.07) is 16.5. The van der Waals surface area contributed by atoms with Crippen LogP contribution in [0.15, 0.2) is 48.5 Å². The van der Waals surface area contributed by atoms with Crippen LogP contribution < -0.4 is 9.38 Å². The van der Waals surface area contributed by atoms with E-state index in [0.717, 1.165) is 25.4 Å². The molecule has 3 nitrogen and oxygen atoms in total. The highest BCUT2D eigenvalue weighted by Gasteiger charge is 2.25. The van der Waals surface area contributed by atoms with Crippen molar-refractivity contribution in [2.45, 2.75) is 38.1 Å². The Balaban J connectivity index is 1.88. The van der Waals surface area contributed by atoms with E-state index in [1.54, 1.807) is 11.3 Å². The molecular weight excluding hydrogens is 397 g/mol. The minimum Gasteiger partial charge on any atom is -0.214 e. The molecule has 3 aromatic rings. The van der Waals surface area contributed by atoms with Crippen LogP contribution in [0.2, 0.25) is 10.0 Å². The lowest BCUT2D eigenvalue weighted by Crippen LogP contribution is -2.39. The van der Waals surface area contributed by atoms with E-state index in [2.05, 4.69) is 16.7 Å². The summed E-state index contributed by atoms with van der Waals surface area (Å²) in [4.78, 5) is 1.15. The van der Waals surface area contributed by atoms with Gasteiger partial charge >= 0.3 is 4.80 Å². The minimum absolute atomic E-state index is 0.490. The number of rotatable bonds is 3. The zero-order valence-electron chi connectivity index (χ0n) is 15.2. The molecule has 1 heterocycles. The van der Waals surface area contributed by atoms with E-state index in [0.29, 0.717) is 6.04 Å². The Bertz CT molecular complexity index is 982. The van der Waals surface area contributed by atoms with Gasteiger partial charge in [0.15, 0.2) is 5.01 Å². The van der Waals surface area contributed by atoms with Crippen LogP contribution >= 0.6 is 34.5 Å². The fourth-order valence-corrected chi connectivity index (χ4v) is 5.05. The van der Waals surface area contributed by atoms with E-state index in [9.17, 15) is 0 Å². The van der Waals surface area contributed by atoms with Crippen LogP contribution in [0.3, 0.4) is 0 Å². The zero-order valence-corrected chi connectivity index (χ0v) is 17.6. The number of hydrogen-bond acceptors (Lipinski definition) is 2. The highest BCUT2D eigenvalue weighted by Crippen LogP contribution is 2.26. The van der Waals surface area contributed by atoms with Gasteiger partial charge in [0, 0.05) is 15.6 Å². The zero-order chi connectivity index (χ0) is 18.8. The Kier molecular flexibility index (Phi) is 5.67. The minimum atomic E-state index is 0.490. The average molecular weight is 419 g/mol. The second-order valence-electron chi connectivity index (χ2n) is 6.96. The highest BCUT2D eigenvalue weighted by atomic mass is 35.5. The Labute approximate surface area is 173 Å². The number of aromatic nitrogens is 2. The molecule has 1 aromatic heterocycles. The first-order valence-corrected chi connectivity index (χ1v) is 10.9. The van der Waals surface area contributed by atoms with Gasteiger partial charge in [-0.3, -0.25) is 0 Å². The van der Waals surface area contributed by atoms with E-state index in [-0.39, 0.29) is 0 Å². The van der Waals surface area contributed by atoms with Crippen LogP contribution in [0.1, 0.15) is 32.1 Å². The first kappa shape index (κ1) is 18.7. The standard InChI is InChI=1S/C21H22Cl2N3S/c1-25-21(27-20(24-25)15-7-9-16(22)10-8-15)26(18-5-3-2-4-6-18)19-13-11-17(23)12-14-19/h7-14,18H,2-6H2,1H3/q+1. The predicted octanol–water partition coefficient (Wildman–Crippen LogP) is 5.89. The summed E-state index contributed by atoms with van der Waals surface area (Å²) in [6.07, 6.45) is 6.30. The molecule has 1 saturated carbocycles. The van der Waals surface area contributed by atoms with Crippen LogP contribution in [-0.4, -0.2) is 15.8 Å². The first-order valence-electron chi connectivity index (χ1n) is 9.30. The smallest absolute Gasteiger partial charge is 0.214 e. The Morgan fingerprint density at radius 3 is 2.15 bits per heavy atom. The van der Waals surface area contributed by atoms with E-state index < -0.39 is 0 Å². The van der Waals surface area contributed by atoms with Crippen molar-refractivity contribution in [3.8, 4) is 10.6 Å². The third kappa shape index (κ3) is 4.13. The van der Waals surface area contributed by atoms with Crippen molar-refractivity contribution in [1.82, 2.24) is 14.4 Å². The molecule has 1 fully saturated rings. The lowest BCUT2D eigenvalue weighted by molar-refractivity contribution is 0.367. The van der Waals surface area contributed by atoms with E-state index in [1.807, 2.05) is 48.1 Å². The largest absolute Gasteiger partial charge is 0.363 e. The Morgan fingerprint density at radius 1 is 0.926 bits per heavy atom. The second kappa shape index (κ2) is 8.17. The van der Waals surface area contributed by atoms with Crippen molar-refractivity contribution in [2.75, 3.05) is 0 Å². The molecule has 0 unspecified atom stereocenters. The van der Waals surface area contributed by atoms with Crippen molar-refractivity contribution in [3.63, 3.8) is 0 Å². The molecule has 0 amide bonds. The molecule has 0 radical (unpaired) electrons. The van der Waals surface area contributed by atoms with Gasteiger partial charge in [0.25, 0.3) is 0 Å². The number of nitrogens with zero attached hydrogens (tertiary/aromatic N) is 3. The lowest BCUT2D eigenvalue weighted by Gasteiger charge is -2.22. The molecule has 27 heavy (non-hydrogen) atoms. The quantitative estimate of drug-likeness (QED) is 0.485. The Hall–Kier alpha value is -1.62. The molecule has 6 heteroatoms. The molecular formula is C21H22Cl2N3S+. The van der Waals surface area contributed by atoms with Gasteiger partial charge in [-0.15, -0.1) is 4.68 Å². The fraction of sp³-hybridized carbons (Fsp3) is 0.333. The molecule has 2 aromatic carbocycles. The number of halogens is 2. The SMILES string of the molecule is Cn1nc(-c2ccc(Cl)cc2)sc1=[N+](c1ccc(Cl)cc1)C1CCCCC1. The molecule has 0 atom stereocenters. The maximum atomic E-state index is 6.13. The third-order valence-electron chi connectivity index (χ3n) is 5.05. The summed E-state index contributed by atoms with van der Waals surface area (Å²) >= 11 is 13.9. The van der Waals surface area contributed by atoms with Crippen LogP contribution in [-0.2, 0) is 7.05 Å². The van der Waals surface area contributed by atoms with Gasteiger partial charge in [0.05, 0.1) is 0 Å². The monoisotopic (exact) mass is 418 g/mol.